The van der Waals surface area contributed by atoms with Gasteiger partial charge in [-0.25, -0.2) is 0 Å². The van der Waals surface area contributed by atoms with Crippen molar-refractivity contribution in [3.8, 4) is 5.75 Å². The molecular weight excluding hydrogens is 500 g/mol. The number of benzene rings is 1. The lowest BCUT2D eigenvalue weighted by atomic mass is 9.62. The SMILES string of the molecule is C=CCN(C(=O)C1N([C@@H](CO)CC(C)C)C(=O)[C@@H]2[C@H](C(=O)OCC)[C@@]3(C)OC12CC3C)c1ccc(OC)cc1. The Morgan fingerprint density at radius 2 is 1.97 bits per heavy atom. The normalized spacial score (nSPS) is 31.8. The van der Waals surface area contributed by atoms with Crippen molar-refractivity contribution in [1.82, 2.24) is 4.90 Å². The Bertz CT molecular complexity index is 1110. The largest absolute Gasteiger partial charge is 0.497 e. The van der Waals surface area contributed by atoms with Gasteiger partial charge in [0.05, 0.1) is 37.9 Å². The zero-order chi connectivity index (χ0) is 28.7. The molecule has 3 heterocycles. The van der Waals surface area contributed by atoms with E-state index in [1.807, 2.05) is 27.7 Å². The molecule has 3 fully saturated rings. The summed E-state index contributed by atoms with van der Waals surface area (Å²) in [4.78, 5) is 45.5. The minimum Gasteiger partial charge on any atom is -0.497 e. The smallest absolute Gasteiger partial charge is 0.312 e. The molecule has 0 radical (unpaired) electrons. The predicted molar refractivity (Wildman–Crippen MR) is 146 cm³/mol. The van der Waals surface area contributed by atoms with Gasteiger partial charge in [0.1, 0.15) is 23.3 Å². The Labute approximate surface area is 231 Å². The molecule has 3 aliphatic heterocycles. The summed E-state index contributed by atoms with van der Waals surface area (Å²) < 4.78 is 17.5. The van der Waals surface area contributed by atoms with Gasteiger partial charge < -0.3 is 29.1 Å². The fraction of sp³-hybridized carbons (Fsp3) is 0.633. The summed E-state index contributed by atoms with van der Waals surface area (Å²) in [5.41, 5.74) is -1.56. The summed E-state index contributed by atoms with van der Waals surface area (Å²) in [6, 6.07) is 5.46. The molecule has 1 aromatic rings. The third-order valence-corrected chi connectivity index (χ3v) is 8.84. The molecule has 3 saturated heterocycles. The van der Waals surface area contributed by atoms with Crippen LogP contribution in [-0.4, -0.2) is 77.9 Å². The first-order valence-corrected chi connectivity index (χ1v) is 13.9. The van der Waals surface area contributed by atoms with Crippen LogP contribution in [0.1, 0.15) is 47.5 Å². The molecule has 1 spiro atoms. The van der Waals surface area contributed by atoms with Crippen LogP contribution in [0.2, 0.25) is 0 Å². The lowest BCUT2D eigenvalue weighted by Crippen LogP contribution is -2.59. The van der Waals surface area contributed by atoms with Crippen molar-refractivity contribution < 1.29 is 33.7 Å². The Kier molecular flexibility index (Phi) is 8.15. The van der Waals surface area contributed by atoms with Crippen LogP contribution in [0.3, 0.4) is 0 Å². The number of esters is 1. The zero-order valence-electron chi connectivity index (χ0n) is 23.9. The third kappa shape index (κ3) is 4.53. The van der Waals surface area contributed by atoms with Gasteiger partial charge in [0, 0.05) is 12.2 Å². The molecule has 9 nitrogen and oxygen atoms in total. The number of fused-ring (bicyclic) bond motifs is 1. The van der Waals surface area contributed by atoms with Crippen molar-refractivity contribution in [2.75, 3.05) is 31.8 Å². The highest BCUT2D eigenvalue weighted by Crippen LogP contribution is 2.65. The number of aliphatic hydroxyl groups is 1. The lowest BCUT2D eigenvalue weighted by molar-refractivity contribution is -0.162. The Morgan fingerprint density at radius 1 is 1.31 bits per heavy atom. The van der Waals surface area contributed by atoms with Crippen LogP contribution in [0.4, 0.5) is 5.69 Å². The molecule has 3 unspecified atom stereocenters. The van der Waals surface area contributed by atoms with Crippen LogP contribution in [-0.2, 0) is 23.9 Å². The molecule has 1 aromatic carbocycles. The number of nitrogens with zero attached hydrogens (tertiary/aromatic N) is 2. The van der Waals surface area contributed by atoms with Crippen LogP contribution in [0.15, 0.2) is 36.9 Å². The van der Waals surface area contributed by atoms with Gasteiger partial charge in [0.15, 0.2) is 0 Å². The minimum absolute atomic E-state index is 0.0993. The average molecular weight is 543 g/mol. The van der Waals surface area contributed by atoms with E-state index in [0.717, 1.165) is 0 Å². The lowest BCUT2D eigenvalue weighted by Gasteiger charge is -2.40. The van der Waals surface area contributed by atoms with Gasteiger partial charge in [-0.15, -0.1) is 6.58 Å². The monoisotopic (exact) mass is 542 g/mol. The summed E-state index contributed by atoms with van der Waals surface area (Å²) in [6.45, 7) is 13.5. The van der Waals surface area contributed by atoms with E-state index in [1.165, 1.54) is 4.90 Å². The molecule has 1 N–H and O–H groups in total. The average Bonchev–Trinajstić information content (AvgIpc) is 3.42. The number of carbonyl (C=O) groups is 3. The van der Waals surface area contributed by atoms with Crippen molar-refractivity contribution in [3.05, 3.63) is 36.9 Å². The van der Waals surface area contributed by atoms with Crippen LogP contribution >= 0.6 is 0 Å². The van der Waals surface area contributed by atoms with Crippen LogP contribution in [0.5, 0.6) is 5.75 Å². The van der Waals surface area contributed by atoms with E-state index in [-0.39, 0.29) is 43.4 Å². The van der Waals surface area contributed by atoms with Gasteiger partial charge >= 0.3 is 5.97 Å². The molecule has 2 bridgehead atoms. The van der Waals surface area contributed by atoms with E-state index in [2.05, 4.69) is 6.58 Å². The summed E-state index contributed by atoms with van der Waals surface area (Å²) in [5.74, 6) is -2.18. The Hall–Kier alpha value is -2.91. The second-order valence-electron chi connectivity index (χ2n) is 11.6. The minimum atomic E-state index is -1.23. The molecule has 9 heteroatoms. The van der Waals surface area contributed by atoms with Gasteiger partial charge in [-0.2, -0.15) is 0 Å². The number of likely N-dealkylation sites (tertiary alicyclic amines) is 1. The Morgan fingerprint density at radius 3 is 2.51 bits per heavy atom. The number of methoxy groups -OCH3 is 1. The number of hydrogen-bond donors (Lipinski definition) is 1. The molecule has 0 aromatic heterocycles. The molecule has 4 rings (SSSR count). The van der Waals surface area contributed by atoms with Crippen molar-refractivity contribution in [2.45, 2.75) is 70.7 Å². The number of anilines is 1. The van der Waals surface area contributed by atoms with E-state index in [1.54, 1.807) is 49.3 Å². The fourth-order valence-electron chi connectivity index (χ4n) is 7.12. The molecule has 3 aliphatic rings. The number of carbonyl (C=O) groups excluding carboxylic acids is 3. The predicted octanol–water partition coefficient (Wildman–Crippen LogP) is 3.20. The standard InChI is InChI=1S/C30H42N2O7/c1-8-14-31(20-10-12-22(37-7)13-11-20)27(35)25-30-16-19(5)29(6,39-30)24(28(36)38-9-2)23(30)26(34)32(25)21(17-33)15-18(3)4/h8,10-13,18-19,21,23-25,33H,1,9,14-17H2,2-7H3/t19?,21-,23+,24-,25?,29+,30?/m1/s1. The first kappa shape index (κ1) is 29.1. The van der Waals surface area contributed by atoms with Gasteiger partial charge in [-0.05, 0) is 62.8 Å². The maximum absolute atomic E-state index is 14.7. The van der Waals surface area contributed by atoms with Crippen LogP contribution in [0, 0.1) is 23.7 Å². The van der Waals surface area contributed by atoms with Crippen molar-refractivity contribution in [1.29, 1.82) is 0 Å². The first-order chi connectivity index (χ1) is 18.5. The maximum Gasteiger partial charge on any atom is 0.312 e. The number of hydrogen-bond acceptors (Lipinski definition) is 7. The number of ether oxygens (including phenoxy) is 3. The van der Waals surface area contributed by atoms with E-state index in [4.69, 9.17) is 14.2 Å². The number of rotatable bonds is 11. The quantitative estimate of drug-likeness (QED) is 0.338. The van der Waals surface area contributed by atoms with Crippen molar-refractivity contribution >= 4 is 23.5 Å². The van der Waals surface area contributed by atoms with Gasteiger partial charge in [-0.3, -0.25) is 14.4 Å². The van der Waals surface area contributed by atoms with Crippen molar-refractivity contribution in [3.63, 3.8) is 0 Å². The maximum atomic E-state index is 14.7. The van der Waals surface area contributed by atoms with Crippen molar-refractivity contribution in [2.24, 2.45) is 23.7 Å². The second-order valence-corrected chi connectivity index (χ2v) is 11.6. The number of aliphatic hydroxyl groups excluding tert-OH is 1. The highest BCUT2D eigenvalue weighted by atomic mass is 16.6. The van der Waals surface area contributed by atoms with E-state index in [9.17, 15) is 19.5 Å². The molecule has 0 aliphatic carbocycles. The summed E-state index contributed by atoms with van der Waals surface area (Å²) in [7, 11) is 1.57. The molecule has 7 atom stereocenters. The van der Waals surface area contributed by atoms with Gasteiger partial charge in [0.25, 0.3) is 5.91 Å². The van der Waals surface area contributed by atoms with Crippen LogP contribution in [0.25, 0.3) is 0 Å². The second kappa shape index (κ2) is 10.9. The molecule has 0 saturated carbocycles. The molecular formula is C30H42N2O7. The summed E-state index contributed by atoms with van der Waals surface area (Å²) in [5, 5.41) is 10.5. The van der Waals surface area contributed by atoms with E-state index in [0.29, 0.717) is 24.3 Å². The highest BCUT2D eigenvalue weighted by molar-refractivity contribution is 6.05. The summed E-state index contributed by atoms with van der Waals surface area (Å²) in [6.07, 6.45) is 2.57. The fourth-order valence-corrected chi connectivity index (χ4v) is 7.12. The molecule has 39 heavy (non-hydrogen) atoms. The van der Waals surface area contributed by atoms with Gasteiger partial charge in [-0.1, -0.05) is 26.8 Å². The summed E-state index contributed by atoms with van der Waals surface area (Å²) >= 11 is 0. The Balaban J connectivity index is 1.87. The first-order valence-electron chi connectivity index (χ1n) is 13.9. The van der Waals surface area contributed by atoms with E-state index >= 15 is 0 Å². The highest BCUT2D eigenvalue weighted by Gasteiger charge is 2.80. The van der Waals surface area contributed by atoms with Gasteiger partial charge in [0.2, 0.25) is 5.91 Å². The zero-order valence-corrected chi connectivity index (χ0v) is 23.9. The molecule has 2 amide bonds. The number of amides is 2. The van der Waals surface area contributed by atoms with Crippen LogP contribution < -0.4 is 9.64 Å². The molecule has 214 valence electrons. The topological polar surface area (TPSA) is 106 Å². The third-order valence-electron chi connectivity index (χ3n) is 8.84. The van der Waals surface area contributed by atoms with E-state index < -0.39 is 41.1 Å².